The van der Waals surface area contributed by atoms with Crippen molar-refractivity contribution in [3.8, 4) is 11.5 Å². The number of rotatable bonds is 6. The highest BCUT2D eigenvalue weighted by Crippen LogP contribution is 2.31. The average molecular weight is 338 g/mol. The lowest BCUT2D eigenvalue weighted by molar-refractivity contribution is -0.141. The molecule has 134 valence electrons. The van der Waals surface area contributed by atoms with Gasteiger partial charge in [0.1, 0.15) is 5.82 Å². The van der Waals surface area contributed by atoms with Crippen molar-refractivity contribution >= 4 is 5.91 Å². The number of hydrogen-bond donors (Lipinski definition) is 0. The summed E-state index contributed by atoms with van der Waals surface area (Å²) in [5, 5.41) is 0. The molecular weight excluding hydrogens is 311 g/mol. The van der Waals surface area contributed by atoms with Crippen LogP contribution in [0.1, 0.15) is 26.3 Å². The lowest BCUT2D eigenvalue weighted by Crippen LogP contribution is -2.56. The second-order valence-electron chi connectivity index (χ2n) is 6.62. The molecule has 1 aromatic rings. The van der Waals surface area contributed by atoms with E-state index in [1.54, 1.807) is 6.07 Å². The van der Waals surface area contributed by atoms with Gasteiger partial charge in [-0.25, -0.2) is 4.39 Å². The molecule has 0 saturated carbocycles. The van der Waals surface area contributed by atoms with Crippen LogP contribution >= 0.6 is 0 Å². The summed E-state index contributed by atoms with van der Waals surface area (Å²) in [6, 6.07) is 2.71. The zero-order valence-corrected chi connectivity index (χ0v) is 15.1. The molecule has 0 spiro atoms. The highest BCUT2D eigenvalue weighted by atomic mass is 19.1. The van der Waals surface area contributed by atoms with Crippen LogP contribution in [-0.4, -0.2) is 55.6 Å². The van der Waals surface area contributed by atoms with Crippen LogP contribution in [0.3, 0.4) is 0 Å². The normalized spacial score (nSPS) is 19.0. The van der Waals surface area contributed by atoms with Gasteiger partial charge < -0.3 is 14.4 Å². The molecule has 1 fully saturated rings. The van der Waals surface area contributed by atoms with Gasteiger partial charge in [0, 0.05) is 37.8 Å². The molecule has 0 unspecified atom stereocenters. The van der Waals surface area contributed by atoms with Gasteiger partial charge in [-0.3, -0.25) is 9.69 Å². The molecule has 24 heavy (non-hydrogen) atoms. The molecule has 6 heteroatoms. The monoisotopic (exact) mass is 338 g/mol. The molecule has 0 radical (unpaired) electrons. The van der Waals surface area contributed by atoms with E-state index in [1.165, 1.54) is 20.3 Å². The van der Waals surface area contributed by atoms with Gasteiger partial charge in [-0.15, -0.1) is 0 Å². The fourth-order valence-electron chi connectivity index (χ4n) is 3.05. The average Bonchev–Trinajstić information content (AvgIpc) is 2.55. The lowest BCUT2D eigenvalue weighted by Gasteiger charge is -2.39. The Morgan fingerprint density at radius 1 is 1.21 bits per heavy atom. The van der Waals surface area contributed by atoms with Gasteiger partial charge in [-0.2, -0.15) is 0 Å². The van der Waals surface area contributed by atoms with Crippen LogP contribution < -0.4 is 9.47 Å². The quantitative estimate of drug-likeness (QED) is 0.799. The highest BCUT2D eigenvalue weighted by molar-refractivity contribution is 5.82. The Balaban J connectivity index is 2.13. The first-order valence-corrected chi connectivity index (χ1v) is 8.30. The van der Waals surface area contributed by atoms with E-state index in [1.807, 2.05) is 16.7 Å². The van der Waals surface area contributed by atoms with Crippen LogP contribution in [0.15, 0.2) is 12.1 Å². The predicted octanol–water partition coefficient (Wildman–Crippen LogP) is 2.53. The summed E-state index contributed by atoms with van der Waals surface area (Å²) in [4.78, 5) is 16.4. The number of piperazine rings is 1. The Morgan fingerprint density at radius 3 is 2.42 bits per heavy atom. The molecule has 1 atom stereocenters. The zero-order valence-electron chi connectivity index (χ0n) is 15.1. The number of carbonyl (C=O) groups is 1. The second-order valence-corrected chi connectivity index (χ2v) is 6.62. The maximum absolute atomic E-state index is 14.3. The van der Waals surface area contributed by atoms with Crippen LogP contribution in [-0.2, 0) is 11.3 Å². The van der Waals surface area contributed by atoms with Crippen LogP contribution in [0.4, 0.5) is 4.39 Å². The third kappa shape index (κ3) is 3.98. The Labute approximate surface area is 143 Å². The van der Waals surface area contributed by atoms with E-state index >= 15 is 0 Å². The van der Waals surface area contributed by atoms with Crippen LogP contribution in [0.25, 0.3) is 0 Å². The number of ether oxygens (including phenoxy) is 2. The summed E-state index contributed by atoms with van der Waals surface area (Å²) in [6.07, 6.45) is 0. The summed E-state index contributed by atoms with van der Waals surface area (Å²) in [5.41, 5.74) is 0.504. The van der Waals surface area contributed by atoms with E-state index in [4.69, 9.17) is 9.47 Å². The number of amides is 1. The molecule has 0 N–H and O–H groups in total. The van der Waals surface area contributed by atoms with Gasteiger partial charge in [0.15, 0.2) is 11.5 Å². The first kappa shape index (κ1) is 18.5. The Kier molecular flexibility index (Phi) is 6.04. The molecule has 1 aromatic carbocycles. The van der Waals surface area contributed by atoms with Crippen molar-refractivity contribution in [3.63, 3.8) is 0 Å². The van der Waals surface area contributed by atoms with Gasteiger partial charge in [0.2, 0.25) is 5.91 Å². The minimum absolute atomic E-state index is 0.107. The standard InChI is InChI=1S/C18H27FN2O3/c1-12(2)10-21-7-6-20(13(3)18(21)22)11-14-8-16(23-4)17(24-5)9-15(14)19/h8-9,12-13H,6-7,10-11H2,1-5H3/t13-/m0/s1. The Hall–Kier alpha value is -1.82. The van der Waals surface area contributed by atoms with Crippen LogP contribution in [0.2, 0.25) is 0 Å². The fraction of sp³-hybridized carbons (Fsp3) is 0.611. The SMILES string of the molecule is COc1cc(F)c(CN2CCN(CC(C)C)C(=O)[C@@H]2C)cc1OC. The summed E-state index contributed by atoms with van der Waals surface area (Å²) in [5.74, 6) is 1.06. The minimum Gasteiger partial charge on any atom is -0.493 e. The first-order chi connectivity index (χ1) is 11.4. The fourth-order valence-corrected chi connectivity index (χ4v) is 3.05. The number of carbonyl (C=O) groups excluding carboxylic acids is 1. The second kappa shape index (κ2) is 7.83. The molecule has 0 aromatic heterocycles. The van der Waals surface area contributed by atoms with Gasteiger partial charge in [-0.1, -0.05) is 13.8 Å². The minimum atomic E-state index is -0.350. The van der Waals surface area contributed by atoms with Crippen molar-refractivity contribution < 1.29 is 18.7 Å². The summed E-state index contributed by atoms with van der Waals surface area (Å²) in [6.45, 7) is 8.63. The van der Waals surface area contributed by atoms with E-state index in [-0.39, 0.29) is 17.8 Å². The smallest absolute Gasteiger partial charge is 0.239 e. The molecule has 1 saturated heterocycles. The Bertz CT molecular complexity index is 592. The lowest BCUT2D eigenvalue weighted by atomic mass is 10.1. The van der Waals surface area contributed by atoms with Crippen LogP contribution in [0.5, 0.6) is 11.5 Å². The largest absolute Gasteiger partial charge is 0.493 e. The van der Waals surface area contributed by atoms with E-state index < -0.39 is 0 Å². The number of benzene rings is 1. The molecule has 0 aliphatic carbocycles. The zero-order chi connectivity index (χ0) is 17.9. The maximum atomic E-state index is 14.3. The number of nitrogens with zero attached hydrogens (tertiary/aromatic N) is 2. The van der Waals surface area contributed by atoms with E-state index in [0.29, 0.717) is 36.1 Å². The van der Waals surface area contributed by atoms with E-state index in [0.717, 1.165) is 13.1 Å². The van der Waals surface area contributed by atoms with Crippen molar-refractivity contribution in [1.29, 1.82) is 0 Å². The molecule has 1 aliphatic rings. The van der Waals surface area contributed by atoms with E-state index in [9.17, 15) is 9.18 Å². The first-order valence-electron chi connectivity index (χ1n) is 8.30. The highest BCUT2D eigenvalue weighted by Gasteiger charge is 2.32. The van der Waals surface area contributed by atoms with Crippen molar-refractivity contribution in [3.05, 3.63) is 23.5 Å². The van der Waals surface area contributed by atoms with Crippen molar-refractivity contribution in [1.82, 2.24) is 9.80 Å². The van der Waals surface area contributed by atoms with Crippen LogP contribution in [0, 0.1) is 11.7 Å². The summed E-state index contributed by atoms with van der Waals surface area (Å²) >= 11 is 0. The maximum Gasteiger partial charge on any atom is 0.239 e. The van der Waals surface area contributed by atoms with Gasteiger partial charge in [0.05, 0.1) is 20.3 Å². The van der Waals surface area contributed by atoms with Gasteiger partial charge in [0.25, 0.3) is 0 Å². The van der Waals surface area contributed by atoms with Crippen molar-refractivity contribution in [2.24, 2.45) is 5.92 Å². The molecule has 5 nitrogen and oxygen atoms in total. The van der Waals surface area contributed by atoms with Crippen molar-refractivity contribution in [2.45, 2.75) is 33.4 Å². The third-order valence-electron chi connectivity index (χ3n) is 4.39. The summed E-state index contributed by atoms with van der Waals surface area (Å²) in [7, 11) is 3.00. The van der Waals surface area contributed by atoms with Crippen molar-refractivity contribution in [2.75, 3.05) is 33.9 Å². The number of halogens is 1. The third-order valence-corrected chi connectivity index (χ3v) is 4.39. The molecule has 2 rings (SSSR count). The molecule has 1 amide bonds. The van der Waals surface area contributed by atoms with Gasteiger partial charge in [-0.05, 0) is 18.9 Å². The molecule has 1 heterocycles. The molecular formula is C18H27FN2O3. The number of methoxy groups -OCH3 is 2. The summed E-state index contributed by atoms with van der Waals surface area (Å²) < 4.78 is 24.7. The van der Waals surface area contributed by atoms with E-state index in [2.05, 4.69) is 13.8 Å². The topological polar surface area (TPSA) is 42.0 Å². The predicted molar refractivity (Wildman–Crippen MR) is 90.8 cm³/mol. The molecule has 0 bridgehead atoms. The molecule has 1 aliphatic heterocycles. The number of hydrogen-bond acceptors (Lipinski definition) is 4. The Morgan fingerprint density at radius 2 is 1.83 bits per heavy atom. The van der Waals surface area contributed by atoms with Gasteiger partial charge >= 0.3 is 0 Å².